The van der Waals surface area contributed by atoms with Crippen molar-refractivity contribution in [2.75, 3.05) is 39.5 Å². The molecule has 0 aliphatic carbocycles. The van der Waals surface area contributed by atoms with Gasteiger partial charge in [0.05, 0.1) is 19.3 Å². The largest absolute Gasteiger partial charge is 0.381 e. The number of carbonyl (C=O) groups is 1. The highest BCUT2D eigenvalue weighted by Crippen LogP contribution is 2.35. The van der Waals surface area contributed by atoms with Crippen molar-refractivity contribution in [3.63, 3.8) is 0 Å². The third kappa shape index (κ3) is 4.14. The van der Waals surface area contributed by atoms with Crippen LogP contribution in [0.15, 0.2) is 30.6 Å². The molecular formula is C27H32N4O4. The van der Waals surface area contributed by atoms with Crippen molar-refractivity contribution >= 4 is 16.9 Å². The van der Waals surface area contributed by atoms with Gasteiger partial charge >= 0.3 is 0 Å². The highest BCUT2D eigenvalue weighted by molar-refractivity contribution is 5.86. The van der Waals surface area contributed by atoms with Crippen molar-refractivity contribution in [1.82, 2.24) is 20.2 Å². The van der Waals surface area contributed by atoms with Crippen LogP contribution in [0, 0.1) is 6.92 Å². The summed E-state index contributed by atoms with van der Waals surface area (Å²) >= 11 is 0. The topological polar surface area (TPSA) is 99.7 Å². The number of pyridine rings is 1. The summed E-state index contributed by atoms with van der Waals surface area (Å²) in [6.07, 6.45) is 5.37. The molecule has 3 aromatic rings. The Morgan fingerprint density at radius 2 is 2.03 bits per heavy atom. The van der Waals surface area contributed by atoms with Gasteiger partial charge in [0.2, 0.25) is 0 Å². The Balaban J connectivity index is 1.38. The van der Waals surface area contributed by atoms with Gasteiger partial charge in [-0.15, -0.1) is 0 Å². The number of hydrogen-bond donors (Lipinski definition) is 3. The van der Waals surface area contributed by atoms with Crippen LogP contribution in [0.25, 0.3) is 22.2 Å². The number of fused-ring (bicyclic) bond motifs is 2. The monoisotopic (exact) mass is 476 g/mol. The van der Waals surface area contributed by atoms with Gasteiger partial charge < -0.3 is 29.8 Å². The maximum absolute atomic E-state index is 13.4. The number of nitrogens with zero attached hydrogens (tertiary/aromatic N) is 2. The van der Waals surface area contributed by atoms with E-state index in [-0.39, 0.29) is 11.9 Å². The maximum atomic E-state index is 13.4. The van der Waals surface area contributed by atoms with Gasteiger partial charge in [-0.05, 0) is 53.3 Å². The molecule has 1 amide bonds. The second-order valence-electron chi connectivity index (χ2n) is 10.00. The minimum absolute atomic E-state index is 0.0596. The number of ether oxygens (including phenoxy) is 2. The maximum Gasteiger partial charge on any atom is 0.255 e. The van der Waals surface area contributed by atoms with E-state index in [1.807, 2.05) is 17.3 Å². The number of aryl methyl sites for hydroxylation is 1. The van der Waals surface area contributed by atoms with Crippen LogP contribution in [0.4, 0.5) is 0 Å². The molecule has 1 atom stereocenters. The van der Waals surface area contributed by atoms with Crippen molar-refractivity contribution in [1.29, 1.82) is 0 Å². The molecule has 0 spiro atoms. The van der Waals surface area contributed by atoms with Gasteiger partial charge in [0.15, 0.2) is 0 Å². The average molecular weight is 477 g/mol. The van der Waals surface area contributed by atoms with Crippen LogP contribution >= 0.6 is 0 Å². The van der Waals surface area contributed by atoms with Gasteiger partial charge in [0, 0.05) is 69.0 Å². The summed E-state index contributed by atoms with van der Waals surface area (Å²) in [5.74, 6) is -0.174. The van der Waals surface area contributed by atoms with Crippen LogP contribution < -0.4 is 5.32 Å². The number of benzene rings is 1. The number of aliphatic hydroxyl groups is 1. The zero-order valence-corrected chi connectivity index (χ0v) is 20.1. The van der Waals surface area contributed by atoms with E-state index in [9.17, 15) is 9.90 Å². The number of morpholine rings is 1. The Labute approximate surface area is 204 Å². The Morgan fingerprint density at radius 3 is 2.83 bits per heavy atom. The lowest BCUT2D eigenvalue weighted by atomic mass is 9.86. The fourth-order valence-corrected chi connectivity index (χ4v) is 5.62. The standard InChI is InChI=1S/C27H32N4O4/c1-17-13-29-25-21(17)12-20(14-30-25)19-10-18-2-6-31(26(32)27(33)3-7-34-8-4-27)15-23(18)22(11-19)24-16-35-9-5-28-24/h10-14,24,28,33H,2-9,15-16H2,1H3,(H,29,30)/t24-/m0/s1. The van der Waals surface area contributed by atoms with E-state index in [1.165, 1.54) is 22.3 Å². The van der Waals surface area contributed by atoms with Gasteiger partial charge in [-0.1, -0.05) is 6.07 Å². The normalized spacial score (nSPS) is 22.2. The molecule has 0 unspecified atom stereocenters. The summed E-state index contributed by atoms with van der Waals surface area (Å²) in [6.45, 7) is 6.12. The molecule has 184 valence electrons. The van der Waals surface area contributed by atoms with Crippen LogP contribution in [-0.2, 0) is 27.2 Å². The number of aromatic amines is 1. The predicted molar refractivity (Wildman–Crippen MR) is 132 cm³/mol. The second kappa shape index (κ2) is 9.02. The number of aromatic nitrogens is 2. The van der Waals surface area contributed by atoms with Crippen LogP contribution in [-0.4, -0.2) is 71.0 Å². The van der Waals surface area contributed by atoms with Gasteiger partial charge in [-0.2, -0.15) is 0 Å². The average Bonchev–Trinajstić information content (AvgIpc) is 3.28. The van der Waals surface area contributed by atoms with Crippen molar-refractivity contribution in [2.24, 2.45) is 0 Å². The Hall–Kier alpha value is -2.78. The zero-order valence-electron chi connectivity index (χ0n) is 20.1. The van der Waals surface area contributed by atoms with Gasteiger partial charge in [0.25, 0.3) is 5.91 Å². The summed E-state index contributed by atoms with van der Waals surface area (Å²) in [6, 6.07) is 6.74. The van der Waals surface area contributed by atoms with E-state index < -0.39 is 5.60 Å². The molecule has 8 nitrogen and oxygen atoms in total. The molecule has 3 aliphatic rings. The SMILES string of the molecule is Cc1c[nH]c2ncc(-c3cc4c(c([C@@H]5COCCN5)c3)CN(C(=O)C3(O)CCOCC3)CC4)cc12. The fourth-order valence-electron chi connectivity index (χ4n) is 5.62. The van der Waals surface area contributed by atoms with E-state index >= 15 is 0 Å². The van der Waals surface area contributed by atoms with Crippen LogP contribution in [0.1, 0.15) is 41.1 Å². The number of rotatable bonds is 3. The smallest absolute Gasteiger partial charge is 0.255 e. The lowest BCUT2D eigenvalue weighted by Crippen LogP contribution is -2.53. The van der Waals surface area contributed by atoms with Gasteiger partial charge in [0.1, 0.15) is 11.2 Å². The molecule has 0 saturated carbocycles. The summed E-state index contributed by atoms with van der Waals surface area (Å²) in [5, 5.41) is 15.8. The van der Waals surface area contributed by atoms with E-state index in [1.54, 1.807) is 0 Å². The van der Waals surface area contributed by atoms with Crippen molar-refractivity contribution in [3.05, 3.63) is 52.8 Å². The van der Waals surface area contributed by atoms with Crippen LogP contribution in [0.3, 0.4) is 0 Å². The number of H-pyrrole nitrogens is 1. The lowest BCUT2D eigenvalue weighted by Gasteiger charge is -2.39. The molecule has 2 fully saturated rings. The van der Waals surface area contributed by atoms with Crippen LogP contribution in [0.2, 0.25) is 0 Å². The Morgan fingerprint density at radius 1 is 1.17 bits per heavy atom. The fraction of sp³-hybridized carbons (Fsp3) is 0.481. The molecule has 35 heavy (non-hydrogen) atoms. The summed E-state index contributed by atoms with van der Waals surface area (Å²) in [4.78, 5) is 23.1. The summed E-state index contributed by atoms with van der Waals surface area (Å²) in [5.41, 5.74) is 6.54. The number of nitrogens with one attached hydrogen (secondary N) is 2. The van der Waals surface area contributed by atoms with E-state index in [0.29, 0.717) is 52.4 Å². The molecule has 3 N–H and O–H groups in total. The van der Waals surface area contributed by atoms with Gasteiger partial charge in [-0.3, -0.25) is 4.79 Å². The first-order valence-electron chi connectivity index (χ1n) is 12.5. The highest BCUT2D eigenvalue weighted by atomic mass is 16.5. The molecule has 2 saturated heterocycles. The second-order valence-corrected chi connectivity index (χ2v) is 10.00. The molecule has 8 heteroatoms. The molecule has 0 radical (unpaired) electrons. The molecule has 3 aliphatic heterocycles. The summed E-state index contributed by atoms with van der Waals surface area (Å²) < 4.78 is 11.2. The highest BCUT2D eigenvalue weighted by Gasteiger charge is 2.41. The molecule has 0 bridgehead atoms. The predicted octanol–water partition coefficient (Wildman–Crippen LogP) is 2.63. The molecular weight excluding hydrogens is 444 g/mol. The third-order valence-corrected chi connectivity index (χ3v) is 7.75. The summed E-state index contributed by atoms with van der Waals surface area (Å²) in [7, 11) is 0. The molecule has 2 aromatic heterocycles. The van der Waals surface area contributed by atoms with E-state index in [4.69, 9.17) is 9.47 Å². The van der Waals surface area contributed by atoms with Gasteiger partial charge in [-0.25, -0.2) is 4.98 Å². The van der Waals surface area contributed by atoms with Crippen LogP contribution in [0.5, 0.6) is 0 Å². The zero-order chi connectivity index (χ0) is 24.0. The number of hydrogen-bond acceptors (Lipinski definition) is 6. The molecule has 1 aromatic carbocycles. The minimum Gasteiger partial charge on any atom is -0.381 e. The minimum atomic E-state index is -1.32. The Bertz CT molecular complexity index is 1260. The van der Waals surface area contributed by atoms with Crippen molar-refractivity contribution in [2.45, 2.75) is 44.4 Å². The first kappa shape index (κ1) is 22.7. The van der Waals surface area contributed by atoms with E-state index in [2.05, 4.69) is 40.4 Å². The van der Waals surface area contributed by atoms with E-state index in [0.717, 1.165) is 35.1 Å². The number of amides is 1. The number of carbonyl (C=O) groups excluding carboxylic acids is 1. The first-order chi connectivity index (χ1) is 17.0. The molecule has 6 rings (SSSR count). The Kier molecular flexibility index (Phi) is 5.84. The van der Waals surface area contributed by atoms with Crippen molar-refractivity contribution < 1.29 is 19.4 Å². The first-order valence-corrected chi connectivity index (χ1v) is 12.5. The van der Waals surface area contributed by atoms with Crippen molar-refractivity contribution in [3.8, 4) is 11.1 Å². The third-order valence-electron chi connectivity index (χ3n) is 7.75. The quantitative estimate of drug-likeness (QED) is 0.538. The lowest BCUT2D eigenvalue weighted by molar-refractivity contribution is -0.161. The molecule has 5 heterocycles.